The summed E-state index contributed by atoms with van der Waals surface area (Å²) in [6.07, 6.45) is 3.05. The number of benzene rings is 1. The van der Waals surface area contributed by atoms with E-state index in [0.29, 0.717) is 31.4 Å². The summed E-state index contributed by atoms with van der Waals surface area (Å²) in [5.74, 6) is -4.56. The van der Waals surface area contributed by atoms with E-state index in [0.717, 1.165) is 18.4 Å². The van der Waals surface area contributed by atoms with Crippen molar-refractivity contribution in [2.24, 2.45) is 5.41 Å². The number of alkyl halides is 2. The van der Waals surface area contributed by atoms with Crippen molar-refractivity contribution >= 4 is 11.9 Å². The van der Waals surface area contributed by atoms with Crippen LogP contribution in [0.3, 0.4) is 0 Å². The number of nitrogens with zero attached hydrogens (tertiary/aromatic N) is 1. The molecule has 4 rings (SSSR count). The molecule has 1 aromatic rings. The third-order valence-electron chi connectivity index (χ3n) is 6.91. The van der Waals surface area contributed by atoms with Crippen LogP contribution in [0.4, 0.5) is 13.2 Å². The molecule has 3 fully saturated rings. The van der Waals surface area contributed by atoms with Gasteiger partial charge in [-0.1, -0.05) is 6.92 Å². The standard InChI is InChI=1S/C23H28F3NO4/c1-22(6-8-23(25,26)9-7-22)13-31-19-12-17(24)16(11-15(19)14-4-5-14)20(28)27-10-2-3-18(27)21(29)30/h11-12,14,18H,2-10,13H2,1H3,(H,29,30). The molecule has 1 saturated heterocycles. The molecule has 1 aromatic carbocycles. The molecule has 1 aliphatic heterocycles. The predicted octanol–water partition coefficient (Wildman–Crippen LogP) is 4.99. The van der Waals surface area contributed by atoms with Crippen LogP contribution in [-0.2, 0) is 4.79 Å². The molecule has 2 saturated carbocycles. The number of carbonyl (C=O) groups is 2. The van der Waals surface area contributed by atoms with Gasteiger partial charge in [0.2, 0.25) is 5.92 Å². The Bertz CT molecular complexity index is 874. The molecule has 2 aliphatic carbocycles. The number of amides is 1. The highest BCUT2D eigenvalue weighted by atomic mass is 19.3. The van der Waals surface area contributed by atoms with Crippen LogP contribution in [0.25, 0.3) is 0 Å². The molecule has 1 unspecified atom stereocenters. The maximum atomic E-state index is 14.9. The third-order valence-corrected chi connectivity index (χ3v) is 6.91. The van der Waals surface area contributed by atoms with Gasteiger partial charge in [-0.25, -0.2) is 18.0 Å². The Kier molecular flexibility index (Phi) is 5.68. The highest BCUT2D eigenvalue weighted by Crippen LogP contribution is 2.47. The second-order valence-electron chi connectivity index (χ2n) is 9.59. The average Bonchev–Trinajstić information content (AvgIpc) is 3.43. The van der Waals surface area contributed by atoms with Crippen LogP contribution in [0.15, 0.2) is 12.1 Å². The van der Waals surface area contributed by atoms with Crippen molar-refractivity contribution in [3.05, 3.63) is 29.1 Å². The van der Waals surface area contributed by atoms with Gasteiger partial charge in [0.1, 0.15) is 17.6 Å². The zero-order valence-corrected chi connectivity index (χ0v) is 17.6. The number of rotatable bonds is 6. The van der Waals surface area contributed by atoms with Crippen molar-refractivity contribution in [1.29, 1.82) is 0 Å². The Morgan fingerprint density at radius 3 is 2.45 bits per heavy atom. The number of carboxylic acids is 1. The van der Waals surface area contributed by atoms with E-state index >= 15 is 0 Å². The largest absolute Gasteiger partial charge is 0.493 e. The highest BCUT2D eigenvalue weighted by Gasteiger charge is 2.42. The van der Waals surface area contributed by atoms with Crippen LogP contribution < -0.4 is 4.74 Å². The van der Waals surface area contributed by atoms with E-state index < -0.39 is 35.1 Å². The molecule has 3 aliphatic rings. The van der Waals surface area contributed by atoms with Crippen molar-refractivity contribution in [2.75, 3.05) is 13.2 Å². The zero-order chi connectivity index (χ0) is 22.4. The number of likely N-dealkylation sites (tertiary alicyclic amines) is 1. The smallest absolute Gasteiger partial charge is 0.326 e. The van der Waals surface area contributed by atoms with Gasteiger partial charge in [-0.05, 0) is 56.1 Å². The number of carboxylic acid groups (broad SMARTS) is 1. The van der Waals surface area contributed by atoms with Crippen LogP contribution >= 0.6 is 0 Å². The summed E-state index contributed by atoms with van der Waals surface area (Å²) in [6, 6.07) is 1.77. The van der Waals surface area contributed by atoms with Crippen LogP contribution in [0.1, 0.15) is 80.1 Å². The first-order valence-electron chi connectivity index (χ1n) is 11.0. The summed E-state index contributed by atoms with van der Waals surface area (Å²) >= 11 is 0. The van der Waals surface area contributed by atoms with Gasteiger partial charge in [0.25, 0.3) is 5.91 Å². The van der Waals surface area contributed by atoms with E-state index in [1.54, 1.807) is 0 Å². The average molecular weight is 439 g/mol. The molecule has 0 bridgehead atoms. The number of hydrogen-bond donors (Lipinski definition) is 1. The van der Waals surface area contributed by atoms with Gasteiger partial charge in [0.15, 0.2) is 0 Å². The zero-order valence-electron chi connectivity index (χ0n) is 17.6. The molecule has 1 atom stereocenters. The Morgan fingerprint density at radius 2 is 1.84 bits per heavy atom. The van der Waals surface area contributed by atoms with Crippen molar-refractivity contribution < 1.29 is 32.6 Å². The molecule has 1 heterocycles. The highest BCUT2D eigenvalue weighted by molar-refractivity contribution is 5.97. The quantitative estimate of drug-likeness (QED) is 0.678. The van der Waals surface area contributed by atoms with Gasteiger partial charge < -0.3 is 14.7 Å². The lowest BCUT2D eigenvalue weighted by atomic mass is 9.75. The SMILES string of the molecule is CC1(COc2cc(F)c(C(=O)N3CCCC3C(=O)O)cc2C2CC2)CCC(F)(F)CC1. The molecule has 31 heavy (non-hydrogen) atoms. The normalized spacial score (nSPS) is 24.8. The number of carbonyl (C=O) groups excluding carboxylic acids is 1. The number of aliphatic carboxylic acids is 1. The van der Waals surface area contributed by atoms with Crippen LogP contribution in [0, 0.1) is 11.2 Å². The number of ether oxygens (including phenoxy) is 1. The maximum Gasteiger partial charge on any atom is 0.326 e. The van der Waals surface area contributed by atoms with Gasteiger partial charge in [-0.3, -0.25) is 4.79 Å². The fourth-order valence-corrected chi connectivity index (χ4v) is 4.61. The Morgan fingerprint density at radius 1 is 1.16 bits per heavy atom. The first-order chi connectivity index (χ1) is 14.6. The fraction of sp³-hybridized carbons (Fsp3) is 0.652. The van der Waals surface area contributed by atoms with Gasteiger partial charge in [0, 0.05) is 30.9 Å². The summed E-state index contributed by atoms with van der Waals surface area (Å²) < 4.78 is 47.9. The van der Waals surface area contributed by atoms with Crippen LogP contribution in [-0.4, -0.2) is 47.0 Å². The van der Waals surface area contributed by atoms with E-state index in [9.17, 15) is 27.9 Å². The molecule has 8 heteroatoms. The molecule has 5 nitrogen and oxygen atoms in total. The molecule has 170 valence electrons. The maximum absolute atomic E-state index is 14.9. The topological polar surface area (TPSA) is 66.8 Å². The van der Waals surface area contributed by atoms with E-state index in [1.165, 1.54) is 17.0 Å². The Labute approximate surface area is 179 Å². The third kappa shape index (κ3) is 4.67. The lowest BCUT2D eigenvalue weighted by Crippen LogP contribution is -2.40. The molecule has 1 N–H and O–H groups in total. The summed E-state index contributed by atoms with van der Waals surface area (Å²) in [5, 5.41) is 9.34. The summed E-state index contributed by atoms with van der Waals surface area (Å²) in [4.78, 5) is 25.6. The van der Waals surface area contributed by atoms with Crippen molar-refractivity contribution in [1.82, 2.24) is 4.90 Å². The van der Waals surface area contributed by atoms with Gasteiger partial charge >= 0.3 is 5.97 Å². The minimum absolute atomic E-state index is 0.133. The van der Waals surface area contributed by atoms with Crippen LogP contribution in [0.5, 0.6) is 5.75 Å². The minimum atomic E-state index is -2.63. The summed E-state index contributed by atoms with van der Waals surface area (Å²) in [7, 11) is 0. The molecule has 0 spiro atoms. The lowest BCUT2D eigenvalue weighted by Gasteiger charge is -2.37. The first-order valence-corrected chi connectivity index (χ1v) is 11.0. The van der Waals surface area contributed by atoms with Crippen molar-refractivity contribution in [3.8, 4) is 5.75 Å². The van der Waals surface area contributed by atoms with Crippen LogP contribution in [0.2, 0.25) is 0 Å². The monoisotopic (exact) mass is 439 g/mol. The Balaban J connectivity index is 1.53. The van der Waals surface area contributed by atoms with Gasteiger partial charge in [-0.15, -0.1) is 0 Å². The van der Waals surface area contributed by atoms with E-state index in [4.69, 9.17) is 4.74 Å². The molecule has 1 amide bonds. The van der Waals surface area contributed by atoms with E-state index in [2.05, 4.69) is 0 Å². The minimum Gasteiger partial charge on any atom is -0.493 e. The van der Waals surface area contributed by atoms with Crippen molar-refractivity contribution in [2.45, 2.75) is 76.2 Å². The van der Waals surface area contributed by atoms with E-state index in [-0.39, 0.29) is 37.5 Å². The molecular formula is C23H28F3NO4. The molecule has 0 aromatic heterocycles. The second kappa shape index (κ2) is 8.02. The Hall–Kier alpha value is -2.25. The fourth-order valence-electron chi connectivity index (χ4n) is 4.61. The summed E-state index contributed by atoms with van der Waals surface area (Å²) in [5.41, 5.74) is 0.198. The lowest BCUT2D eigenvalue weighted by molar-refractivity contribution is -0.141. The predicted molar refractivity (Wildman–Crippen MR) is 107 cm³/mol. The first kappa shape index (κ1) is 22.0. The molecular weight excluding hydrogens is 411 g/mol. The number of hydrogen-bond acceptors (Lipinski definition) is 3. The number of halogens is 3. The van der Waals surface area contributed by atoms with Crippen molar-refractivity contribution in [3.63, 3.8) is 0 Å². The summed E-state index contributed by atoms with van der Waals surface area (Å²) in [6.45, 7) is 2.41. The van der Waals surface area contributed by atoms with E-state index in [1.807, 2.05) is 6.92 Å². The second-order valence-corrected chi connectivity index (χ2v) is 9.59. The van der Waals surface area contributed by atoms with Gasteiger partial charge in [0.05, 0.1) is 12.2 Å². The molecule has 0 radical (unpaired) electrons. The van der Waals surface area contributed by atoms with Gasteiger partial charge in [-0.2, -0.15) is 0 Å².